The molecule has 1 amide bonds. The molecule has 4 nitrogen and oxygen atoms in total. The van der Waals surface area contributed by atoms with Crippen LogP contribution in [0.1, 0.15) is 15.9 Å². The van der Waals surface area contributed by atoms with Crippen molar-refractivity contribution < 1.29 is 14.3 Å². The Balaban J connectivity index is 1.75. The molecule has 0 fully saturated rings. The molecule has 0 radical (unpaired) electrons. The van der Waals surface area contributed by atoms with E-state index >= 15 is 0 Å². The van der Waals surface area contributed by atoms with Crippen LogP contribution in [-0.2, 0) is 4.79 Å². The van der Waals surface area contributed by atoms with E-state index in [1.165, 1.54) is 4.90 Å². The highest BCUT2D eigenvalue weighted by Gasteiger charge is 2.37. The Hall–Kier alpha value is -1.66. The summed E-state index contributed by atoms with van der Waals surface area (Å²) in [5.74, 6) is -0.271. The second-order valence-corrected chi connectivity index (χ2v) is 7.00. The van der Waals surface area contributed by atoms with Crippen LogP contribution in [0, 0.1) is 6.92 Å². The molecule has 0 saturated heterocycles. The van der Waals surface area contributed by atoms with Crippen molar-refractivity contribution in [3.8, 4) is 5.75 Å². The van der Waals surface area contributed by atoms with Gasteiger partial charge in [0.2, 0.25) is 0 Å². The Kier molecular flexibility index (Phi) is 4.55. The van der Waals surface area contributed by atoms with Gasteiger partial charge in [-0.1, -0.05) is 33.6 Å². The summed E-state index contributed by atoms with van der Waals surface area (Å²) in [4.78, 5) is 25.8. The zero-order chi connectivity index (χ0) is 16.6. The largest absolute Gasteiger partial charge is 0.492 e. The number of carbonyl (C=O) groups excluding carboxylic acids is 2. The second kappa shape index (κ2) is 6.45. The fourth-order valence-electron chi connectivity index (χ4n) is 2.46. The minimum atomic E-state index is -0.522. The van der Waals surface area contributed by atoms with E-state index in [9.17, 15) is 9.59 Å². The molecule has 6 heteroatoms. The van der Waals surface area contributed by atoms with Crippen LogP contribution in [-0.4, -0.2) is 24.8 Å². The van der Waals surface area contributed by atoms with E-state index in [-0.39, 0.29) is 0 Å². The summed E-state index contributed by atoms with van der Waals surface area (Å²) in [6.45, 7) is 2.63. The molecule has 1 aliphatic heterocycles. The van der Waals surface area contributed by atoms with Crippen molar-refractivity contribution in [3.63, 3.8) is 0 Å². The fourth-order valence-corrected chi connectivity index (χ4v) is 3.89. The standard InChI is InChI=1S/C17H13Br2NO3/c1-10-2-4-12(5-3-10)23-7-6-20-15-13(16(21)17(20)22)8-11(18)9-14(15)19/h2-5,8-9H,6-7H2,1H3. The van der Waals surface area contributed by atoms with Gasteiger partial charge in [-0.2, -0.15) is 0 Å². The Morgan fingerprint density at radius 1 is 1.09 bits per heavy atom. The Labute approximate surface area is 150 Å². The molecule has 0 atom stereocenters. The predicted molar refractivity (Wildman–Crippen MR) is 95.2 cm³/mol. The summed E-state index contributed by atoms with van der Waals surface area (Å²) in [5.41, 5.74) is 2.17. The van der Waals surface area contributed by atoms with Crippen LogP contribution in [0.25, 0.3) is 0 Å². The van der Waals surface area contributed by atoms with Crippen LogP contribution in [0.2, 0.25) is 0 Å². The van der Waals surface area contributed by atoms with E-state index < -0.39 is 11.7 Å². The average molecular weight is 439 g/mol. The topological polar surface area (TPSA) is 46.6 Å². The molecule has 0 bridgehead atoms. The summed E-state index contributed by atoms with van der Waals surface area (Å²) in [5, 5.41) is 0. The number of rotatable bonds is 4. The van der Waals surface area contributed by atoms with Crippen LogP contribution < -0.4 is 9.64 Å². The summed E-state index contributed by atoms with van der Waals surface area (Å²) < 4.78 is 7.11. The summed E-state index contributed by atoms with van der Waals surface area (Å²) in [6, 6.07) is 11.2. The zero-order valence-electron chi connectivity index (χ0n) is 12.3. The van der Waals surface area contributed by atoms with Crippen molar-refractivity contribution in [2.24, 2.45) is 0 Å². The van der Waals surface area contributed by atoms with Crippen LogP contribution in [0.15, 0.2) is 45.3 Å². The van der Waals surface area contributed by atoms with Crippen molar-refractivity contribution in [2.45, 2.75) is 6.92 Å². The number of fused-ring (bicyclic) bond motifs is 1. The predicted octanol–water partition coefficient (Wildman–Crippen LogP) is 4.13. The molecule has 118 valence electrons. The Bertz CT molecular complexity index is 787. The SMILES string of the molecule is Cc1ccc(OCCN2C(=O)C(=O)c3cc(Br)cc(Br)c32)cc1. The number of benzene rings is 2. The minimum Gasteiger partial charge on any atom is -0.492 e. The van der Waals surface area contributed by atoms with E-state index in [0.717, 1.165) is 15.8 Å². The number of halogens is 2. The average Bonchev–Trinajstić information content (AvgIpc) is 2.74. The quantitative estimate of drug-likeness (QED) is 0.674. The second-order valence-electron chi connectivity index (χ2n) is 5.23. The summed E-state index contributed by atoms with van der Waals surface area (Å²) >= 11 is 6.76. The van der Waals surface area contributed by atoms with Crippen molar-refractivity contribution in [1.29, 1.82) is 0 Å². The monoisotopic (exact) mass is 437 g/mol. The van der Waals surface area contributed by atoms with Gasteiger partial charge >= 0.3 is 0 Å². The number of amides is 1. The third kappa shape index (κ3) is 3.19. The molecule has 3 rings (SSSR count). The normalized spacial score (nSPS) is 13.4. The van der Waals surface area contributed by atoms with Crippen molar-refractivity contribution in [3.05, 3.63) is 56.5 Å². The van der Waals surface area contributed by atoms with Crippen molar-refractivity contribution >= 4 is 49.2 Å². The molecule has 0 N–H and O–H groups in total. The minimum absolute atomic E-state index is 0.310. The van der Waals surface area contributed by atoms with Gasteiger partial charge in [0, 0.05) is 8.95 Å². The summed E-state index contributed by atoms with van der Waals surface area (Å²) in [7, 11) is 0. The maximum atomic E-state index is 12.2. The lowest BCUT2D eigenvalue weighted by Gasteiger charge is -2.18. The third-order valence-corrected chi connectivity index (χ3v) is 4.65. The summed E-state index contributed by atoms with van der Waals surface area (Å²) in [6.07, 6.45) is 0. The molecule has 0 aliphatic carbocycles. The highest BCUT2D eigenvalue weighted by atomic mass is 79.9. The van der Waals surface area contributed by atoms with Crippen LogP contribution >= 0.6 is 31.9 Å². The first-order chi connectivity index (χ1) is 11.0. The van der Waals surface area contributed by atoms with Crippen molar-refractivity contribution in [2.75, 3.05) is 18.1 Å². The fraction of sp³-hybridized carbons (Fsp3) is 0.176. The van der Waals surface area contributed by atoms with E-state index in [2.05, 4.69) is 31.9 Å². The van der Waals surface area contributed by atoms with Gasteiger partial charge in [-0.3, -0.25) is 9.59 Å². The first-order valence-corrected chi connectivity index (χ1v) is 8.60. The lowest BCUT2D eigenvalue weighted by molar-refractivity contribution is -0.114. The molecule has 0 unspecified atom stereocenters. The Morgan fingerprint density at radius 2 is 1.78 bits per heavy atom. The number of ketones is 1. The number of hydrogen-bond acceptors (Lipinski definition) is 3. The van der Waals surface area contributed by atoms with E-state index in [4.69, 9.17) is 4.74 Å². The third-order valence-electron chi connectivity index (χ3n) is 3.59. The van der Waals surface area contributed by atoms with Crippen LogP contribution in [0.5, 0.6) is 5.75 Å². The number of Topliss-reactive ketones (excluding diaryl/α,β-unsaturated/α-hetero) is 1. The molecule has 0 spiro atoms. The lowest BCUT2D eigenvalue weighted by Crippen LogP contribution is -2.33. The molecule has 23 heavy (non-hydrogen) atoms. The van der Waals surface area contributed by atoms with Gasteiger partial charge < -0.3 is 9.64 Å². The van der Waals surface area contributed by atoms with Gasteiger partial charge in [-0.15, -0.1) is 0 Å². The molecule has 0 saturated carbocycles. The molecular formula is C17H13Br2NO3. The Morgan fingerprint density at radius 3 is 2.48 bits per heavy atom. The number of hydrogen-bond donors (Lipinski definition) is 0. The highest BCUT2D eigenvalue weighted by molar-refractivity contribution is 9.11. The van der Waals surface area contributed by atoms with Gasteiger partial charge in [-0.25, -0.2) is 0 Å². The smallest absolute Gasteiger partial charge is 0.299 e. The van der Waals surface area contributed by atoms with E-state index in [1.807, 2.05) is 37.3 Å². The van der Waals surface area contributed by atoms with Gasteiger partial charge in [0.15, 0.2) is 0 Å². The molecule has 2 aromatic carbocycles. The first-order valence-electron chi connectivity index (χ1n) is 7.02. The molecule has 0 aromatic heterocycles. The van der Waals surface area contributed by atoms with E-state index in [1.54, 1.807) is 6.07 Å². The lowest BCUT2D eigenvalue weighted by atomic mass is 10.1. The molecule has 1 aliphatic rings. The van der Waals surface area contributed by atoms with Gasteiger partial charge in [-0.05, 0) is 47.1 Å². The molecule has 1 heterocycles. The number of anilines is 1. The highest BCUT2D eigenvalue weighted by Crippen LogP contribution is 2.38. The maximum Gasteiger partial charge on any atom is 0.299 e. The van der Waals surface area contributed by atoms with Crippen LogP contribution in [0.4, 0.5) is 5.69 Å². The maximum absolute atomic E-state index is 12.2. The molecular weight excluding hydrogens is 426 g/mol. The van der Waals surface area contributed by atoms with Crippen LogP contribution in [0.3, 0.4) is 0 Å². The van der Waals surface area contributed by atoms with Gasteiger partial charge in [0.1, 0.15) is 12.4 Å². The van der Waals surface area contributed by atoms with Crippen molar-refractivity contribution in [1.82, 2.24) is 0 Å². The first kappa shape index (κ1) is 16.2. The number of aryl methyl sites for hydroxylation is 1. The van der Waals surface area contributed by atoms with Gasteiger partial charge in [0.25, 0.3) is 11.7 Å². The number of ether oxygens (including phenoxy) is 1. The van der Waals surface area contributed by atoms with Gasteiger partial charge in [0.05, 0.1) is 17.8 Å². The number of nitrogens with zero attached hydrogens (tertiary/aromatic N) is 1. The number of carbonyl (C=O) groups is 2. The zero-order valence-corrected chi connectivity index (χ0v) is 15.5. The molecule has 2 aromatic rings. The van der Waals surface area contributed by atoms with E-state index in [0.29, 0.717) is 28.9 Å².